The molecule has 0 atom stereocenters. The Labute approximate surface area is 135 Å². The normalized spacial score (nSPS) is 11.6. The fourth-order valence-electron chi connectivity index (χ4n) is 1.89. The number of nitrogens with one attached hydrogen (secondary N) is 1. The highest BCUT2D eigenvalue weighted by Crippen LogP contribution is 2.15. The topological polar surface area (TPSA) is 73.2 Å². The average Bonchev–Trinajstić information content (AvgIpc) is 2.82. The number of ether oxygens (including phenoxy) is 1. The van der Waals surface area contributed by atoms with Crippen LogP contribution in [0.25, 0.3) is 0 Å². The Kier molecular flexibility index (Phi) is 5.44. The predicted molar refractivity (Wildman–Crippen MR) is 84.8 cm³/mol. The summed E-state index contributed by atoms with van der Waals surface area (Å²) in [5.74, 6) is 0.616. The van der Waals surface area contributed by atoms with Crippen molar-refractivity contribution in [2.45, 2.75) is 24.8 Å². The summed E-state index contributed by atoms with van der Waals surface area (Å²) in [4.78, 5) is 0.214. The number of hydrogen-bond acceptors (Lipinski definition) is 4. The van der Waals surface area contributed by atoms with E-state index in [0.717, 1.165) is 5.69 Å². The molecule has 1 N–H and O–H groups in total. The van der Waals surface area contributed by atoms with Gasteiger partial charge in [0.15, 0.2) is 0 Å². The second-order valence-corrected chi connectivity index (χ2v) is 6.93. The highest BCUT2D eigenvalue weighted by atomic mass is 35.5. The van der Waals surface area contributed by atoms with Crippen LogP contribution in [0, 0.1) is 6.92 Å². The lowest BCUT2D eigenvalue weighted by atomic mass is 10.3. The number of aryl methyl sites for hydroxylation is 2. The minimum Gasteiger partial charge on any atom is -0.497 e. The number of halogens is 1. The third kappa shape index (κ3) is 4.22. The first-order chi connectivity index (χ1) is 10.4. The van der Waals surface area contributed by atoms with Crippen LogP contribution in [0.2, 0.25) is 5.02 Å². The molecule has 0 radical (unpaired) electrons. The molecule has 0 fully saturated rings. The maximum atomic E-state index is 12.1. The Morgan fingerprint density at radius 1 is 1.32 bits per heavy atom. The molecule has 0 aliphatic carbocycles. The summed E-state index contributed by atoms with van der Waals surface area (Å²) >= 11 is 5.91. The fraction of sp³-hybridized carbons (Fsp3) is 0.357. The number of hydrogen-bond donors (Lipinski definition) is 1. The van der Waals surface area contributed by atoms with Crippen LogP contribution in [0.5, 0.6) is 5.75 Å². The second-order valence-electron chi connectivity index (χ2n) is 4.75. The van der Waals surface area contributed by atoms with E-state index in [2.05, 4.69) is 9.82 Å². The number of methoxy groups -OCH3 is 1. The molecule has 8 heteroatoms. The van der Waals surface area contributed by atoms with Crippen molar-refractivity contribution in [2.24, 2.45) is 0 Å². The van der Waals surface area contributed by atoms with Crippen molar-refractivity contribution in [3.63, 3.8) is 0 Å². The zero-order valence-electron chi connectivity index (χ0n) is 12.4. The highest BCUT2D eigenvalue weighted by Gasteiger charge is 2.13. The SMILES string of the molecule is COc1ccc(S(=O)(=O)NCCCn2cc(Cl)c(C)n2)cc1. The molecular weight excluding hydrogens is 326 g/mol. The largest absolute Gasteiger partial charge is 0.497 e. The number of aromatic nitrogens is 2. The Morgan fingerprint density at radius 2 is 2.00 bits per heavy atom. The van der Waals surface area contributed by atoms with Crippen molar-refractivity contribution in [3.8, 4) is 5.75 Å². The fourth-order valence-corrected chi connectivity index (χ4v) is 3.12. The van der Waals surface area contributed by atoms with Crippen LogP contribution in [-0.4, -0.2) is 31.9 Å². The van der Waals surface area contributed by atoms with E-state index in [4.69, 9.17) is 16.3 Å². The number of nitrogens with zero attached hydrogens (tertiary/aromatic N) is 2. The van der Waals surface area contributed by atoms with Crippen LogP contribution in [0.15, 0.2) is 35.4 Å². The third-order valence-corrected chi connectivity index (χ3v) is 4.96. The zero-order valence-corrected chi connectivity index (χ0v) is 14.0. The first-order valence-corrected chi connectivity index (χ1v) is 8.62. The van der Waals surface area contributed by atoms with Gasteiger partial charge in [0.1, 0.15) is 5.75 Å². The van der Waals surface area contributed by atoms with Crippen molar-refractivity contribution in [3.05, 3.63) is 41.2 Å². The predicted octanol–water partition coefficient (Wildman–Crippen LogP) is 2.22. The van der Waals surface area contributed by atoms with Crippen molar-refractivity contribution < 1.29 is 13.2 Å². The summed E-state index contributed by atoms with van der Waals surface area (Å²) in [6, 6.07) is 6.25. The van der Waals surface area contributed by atoms with Crippen LogP contribution >= 0.6 is 11.6 Å². The van der Waals surface area contributed by atoms with Gasteiger partial charge in [0, 0.05) is 19.3 Å². The average molecular weight is 344 g/mol. The van der Waals surface area contributed by atoms with E-state index in [9.17, 15) is 8.42 Å². The molecule has 6 nitrogen and oxygen atoms in total. The molecule has 0 saturated heterocycles. The Balaban J connectivity index is 1.86. The monoisotopic (exact) mass is 343 g/mol. The summed E-state index contributed by atoms with van der Waals surface area (Å²) < 4.78 is 33.5. The van der Waals surface area contributed by atoms with Gasteiger partial charge in [0.05, 0.1) is 22.7 Å². The molecule has 2 rings (SSSR count). The smallest absolute Gasteiger partial charge is 0.240 e. The summed E-state index contributed by atoms with van der Waals surface area (Å²) in [7, 11) is -1.97. The quantitative estimate of drug-likeness (QED) is 0.782. The molecule has 0 saturated carbocycles. The van der Waals surface area contributed by atoms with Gasteiger partial charge in [-0.1, -0.05) is 11.6 Å². The number of rotatable bonds is 7. The Morgan fingerprint density at radius 3 is 2.55 bits per heavy atom. The highest BCUT2D eigenvalue weighted by molar-refractivity contribution is 7.89. The van der Waals surface area contributed by atoms with Gasteiger partial charge in [0.2, 0.25) is 10.0 Å². The van der Waals surface area contributed by atoms with Crippen LogP contribution < -0.4 is 9.46 Å². The molecule has 120 valence electrons. The van der Waals surface area contributed by atoms with Gasteiger partial charge in [-0.15, -0.1) is 0 Å². The number of benzene rings is 1. The van der Waals surface area contributed by atoms with Crippen LogP contribution in [0.3, 0.4) is 0 Å². The maximum absolute atomic E-state index is 12.1. The van der Waals surface area contributed by atoms with E-state index in [0.29, 0.717) is 30.3 Å². The van der Waals surface area contributed by atoms with Gasteiger partial charge in [-0.2, -0.15) is 5.10 Å². The number of sulfonamides is 1. The Hall–Kier alpha value is -1.57. The van der Waals surface area contributed by atoms with E-state index in [-0.39, 0.29) is 4.90 Å². The summed E-state index contributed by atoms with van der Waals surface area (Å²) in [5.41, 5.74) is 0.764. The lowest BCUT2D eigenvalue weighted by molar-refractivity contribution is 0.414. The summed E-state index contributed by atoms with van der Waals surface area (Å²) in [6.07, 6.45) is 2.35. The summed E-state index contributed by atoms with van der Waals surface area (Å²) in [5, 5.41) is 4.83. The maximum Gasteiger partial charge on any atom is 0.240 e. The van der Waals surface area contributed by atoms with Gasteiger partial charge in [-0.3, -0.25) is 4.68 Å². The first kappa shape index (κ1) is 16.8. The van der Waals surface area contributed by atoms with Crippen molar-refractivity contribution in [1.82, 2.24) is 14.5 Å². The second kappa shape index (κ2) is 7.13. The lowest BCUT2D eigenvalue weighted by Gasteiger charge is -2.07. The molecule has 0 bridgehead atoms. The van der Waals surface area contributed by atoms with Crippen LogP contribution in [0.1, 0.15) is 12.1 Å². The Bertz CT molecular complexity index is 707. The van der Waals surface area contributed by atoms with Gasteiger partial charge in [-0.05, 0) is 37.6 Å². The zero-order chi connectivity index (χ0) is 16.2. The third-order valence-electron chi connectivity index (χ3n) is 3.11. The van der Waals surface area contributed by atoms with Crippen LogP contribution in [-0.2, 0) is 16.6 Å². The van der Waals surface area contributed by atoms with Crippen molar-refractivity contribution >= 4 is 21.6 Å². The summed E-state index contributed by atoms with van der Waals surface area (Å²) in [6.45, 7) is 2.74. The molecular formula is C14H18ClN3O3S. The van der Waals surface area contributed by atoms with E-state index in [1.165, 1.54) is 19.2 Å². The van der Waals surface area contributed by atoms with E-state index < -0.39 is 10.0 Å². The molecule has 22 heavy (non-hydrogen) atoms. The van der Waals surface area contributed by atoms with Gasteiger partial charge < -0.3 is 4.74 Å². The molecule has 1 heterocycles. The molecule has 2 aromatic rings. The minimum absolute atomic E-state index is 0.214. The standard InChI is InChI=1S/C14H18ClN3O3S/c1-11-14(15)10-18(17-11)9-3-8-16-22(19,20)13-6-4-12(21-2)5-7-13/h4-7,10,16H,3,8-9H2,1-2H3. The van der Waals surface area contributed by atoms with Gasteiger partial charge >= 0.3 is 0 Å². The van der Waals surface area contributed by atoms with Crippen molar-refractivity contribution in [1.29, 1.82) is 0 Å². The molecule has 1 aromatic carbocycles. The molecule has 0 amide bonds. The van der Waals surface area contributed by atoms with Crippen molar-refractivity contribution in [2.75, 3.05) is 13.7 Å². The minimum atomic E-state index is -3.50. The van der Waals surface area contributed by atoms with E-state index in [1.807, 2.05) is 6.92 Å². The molecule has 0 unspecified atom stereocenters. The van der Waals surface area contributed by atoms with Crippen LogP contribution in [0.4, 0.5) is 0 Å². The molecule has 0 aliphatic heterocycles. The van der Waals surface area contributed by atoms with E-state index in [1.54, 1.807) is 23.0 Å². The molecule has 0 aliphatic rings. The van der Waals surface area contributed by atoms with Gasteiger partial charge in [-0.25, -0.2) is 13.1 Å². The first-order valence-electron chi connectivity index (χ1n) is 6.75. The molecule has 1 aromatic heterocycles. The molecule has 0 spiro atoms. The van der Waals surface area contributed by atoms with Gasteiger partial charge in [0.25, 0.3) is 0 Å². The van der Waals surface area contributed by atoms with E-state index >= 15 is 0 Å². The lowest BCUT2D eigenvalue weighted by Crippen LogP contribution is -2.25.